The van der Waals surface area contributed by atoms with Gasteiger partial charge in [0, 0.05) is 38.9 Å². The van der Waals surface area contributed by atoms with Crippen LogP contribution in [0.4, 0.5) is 11.8 Å². The van der Waals surface area contributed by atoms with E-state index < -0.39 is 0 Å². The van der Waals surface area contributed by atoms with Gasteiger partial charge in [0.05, 0.1) is 10.5 Å². The molecule has 162 valence electrons. The molecule has 1 unspecified atom stereocenters. The summed E-state index contributed by atoms with van der Waals surface area (Å²) in [7, 11) is 0. The summed E-state index contributed by atoms with van der Waals surface area (Å²) in [5, 5.41) is 12.4. The lowest BCUT2D eigenvalue weighted by atomic mass is 10.2. The topological polar surface area (TPSA) is 143 Å². The molecule has 0 aromatic carbocycles. The van der Waals surface area contributed by atoms with E-state index in [1.807, 2.05) is 0 Å². The number of halogens is 1. The number of carbonyl (C=O) groups excluding carboxylic acids is 1. The van der Waals surface area contributed by atoms with Gasteiger partial charge in [-0.1, -0.05) is 27.2 Å². The normalized spacial score (nSPS) is 15.4. The van der Waals surface area contributed by atoms with Crippen LogP contribution in [0.3, 0.4) is 0 Å². The molecule has 1 atom stereocenters. The first-order chi connectivity index (χ1) is 13.5. The predicted octanol–water partition coefficient (Wildman–Crippen LogP) is 1.07. The monoisotopic (exact) mass is 460 g/mol. The molecule has 0 radical (unpaired) electrons. The van der Waals surface area contributed by atoms with Gasteiger partial charge in [-0.2, -0.15) is 4.98 Å². The lowest BCUT2D eigenvalue weighted by Crippen LogP contribution is -2.55. The third kappa shape index (κ3) is 12.8. The number of nitrogens with two attached hydrogens (primary N) is 2. The van der Waals surface area contributed by atoms with Crippen LogP contribution in [0.5, 0.6) is 0 Å². The summed E-state index contributed by atoms with van der Waals surface area (Å²) in [4.78, 5) is 19.8. The summed E-state index contributed by atoms with van der Waals surface area (Å²) in [6, 6.07) is -0.137. The number of piperazine rings is 1. The van der Waals surface area contributed by atoms with Gasteiger partial charge in [-0.3, -0.25) is 4.79 Å². The molecule has 1 aromatic rings. The SMILES string of the molecule is CCC.CCCN.Nc1ncc(Br)c(NCCCNC(=O)C2CNCCN2)n1. The summed E-state index contributed by atoms with van der Waals surface area (Å²) in [5.41, 5.74) is 10.6. The number of rotatable bonds is 7. The van der Waals surface area contributed by atoms with E-state index in [-0.39, 0.29) is 17.9 Å². The van der Waals surface area contributed by atoms with Gasteiger partial charge in [0.1, 0.15) is 5.82 Å². The van der Waals surface area contributed by atoms with E-state index in [1.54, 1.807) is 6.20 Å². The molecule has 1 aliphatic heterocycles. The van der Waals surface area contributed by atoms with Gasteiger partial charge in [-0.05, 0) is 35.3 Å². The number of hydrogen-bond donors (Lipinski definition) is 6. The Balaban J connectivity index is 0.000000904. The van der Waals surface area contributed by atoms with E-state index in [1.165, 1.54) is 6.42 Å². The van der Waals surface area contributed by atoms with Gasteiger partial charge in [0.15, 0.2) is 0 Å². The molecule has 8 N–H and O–H groups in total. The van der Waals surface area contributed by atoms with Crippen LogP contribution in [0.2, 0.25) is 0 Å². The lowest BCUT2D eigenvalue weighted by Gasteiger charge is -2.23. The summed E-state index contributed by atoms with van der Waals surface area (Å²) in [5.74, 6) is 0.923. The summed E-state index contributed by atoms with van der Waals surface area (Å²) >= 11 is 3.35. The highest BCUT2D eigenvalue weighted by molar-refractivity contribution is 9.10. The first-order valence-corrected chi connectivity index (χ1v) is 10.7. The van der Waals surface area contributed by atoms with Crippen LogP contribution in [0.25, 0.3) is 0 Å². The maximum atomic E-state index is 11.9. The minimum absolute atomic E-state index is 0.0367. The molecule has 1 aromatic heterocycles. The van der Waals surface area contributed by atoms with Crippen molar-refractivity contribution in [1.29, 1.82) is 0 Å². The fourth-order valence-corrected chi connectivity index (χ4v) is 2.30. The second kappa shape index (κ2) is 17.6. The van der Waals surface area contributed by atoms with Gasteiger partial charge in [0.25, 0.3) is 0 Å². The molecule has 0 aliphatic carbocycles. The van der Waals surface area contributed by atoms with E-state index in [4.69, 9.17) is 11.5 Å². The van der Waals surface area contributed by atoms with Crippen LogP contribution in [-0.4, -0.2) is 61.2 Å². The zero-order chi connectivity index (χ0) is 21.2. The van der Waals surface area contributed by atoms with Crippen molar-refractivity contribution in [2.24, 2.45) is 5.73 Å². The number of aromatic nitrogens is 2. The fourth-order valence-electron chi connectivity index (χ4n) is 1.97. The van der Waals surface area contributed by atoms with Crippen molar-refractivity contribution in [3.63, 3.8) is 0 Å². The highest BCUT2D eigenvalue weighted by Gasteiger charge is 2.19. The van der Waals surface area contributed by atoms with E-state index in [2.05, 4.69) is 67.9 Å². The van der Waals surface area contributed by atoms with Crippen molar-refractivity contribution in [2.75, 3.05) is 50.3 Å². The third-order valence-corrected chi connectivity index (χ3v) is 3.93. The molecule has 1 aliphatic rings. The number of carbonyl (C=O) groups is 1. The molecular formula is C18H37BrN8O. The van der Waals surface area contributed by atoms with Crippen molar-refractivity contribution in [1.82, 2.24) is 25.9 Å². The average Bonchev–Trinajstić information content (AvgIpc) is 2.71. The maximum absolute atomic E-state index is 11.9. The van der Waals surface area contributed by atoms with Gasteiger partial charge in [0.2, 0.25) is 11.9 Å². The molecule has 1 fully saturated rings. The lowest BCUT2D eigenvalue weighted by molar-refractivity contribution is -0.123. The molecule has 28 heavy (non-hydrogen) atoms. The molecule has 0 bridgehead atoms. The molecule has 10 heteroatoms. The molecule has 1 amide bonds. The average molecular weight is 461 g/mol. The Morgan fingerprint density at radius 2 is 2.00 bits per heavy atom. The first kappa shape index (κ1) is 26.5. The minimum atomic E-state index is -0.137. The van der Waals surface area contributed by atoms with E-state index in [0.717, 1.165) is 36.9 Å². The van der Waals surface area contributed by atoms with E-state index in [0.29, 0.717) is 25.5 Å². The zero-order valence-corrected chi connectivity index (χ0v) is 18.9. The van der Waals surface area contributed by atoms with Crippen molar-refractivity contribution >= 4 is 33.6 Å². The summed E-state index contributed by atoms with van der Waals surface area (Å²) < 4.78 is 0.762. The molecule has 2 heterocycles. The van der Waals surface area contributed by atoms with Crippen molar-refractivity contribution in [3.8, 4) is 0 Å². The Kier molecular flexibility index (Phi) is 16.7. The number of hydrogen-bond acceptors (Lipinski definition) is 8. The van der Waals surface area contributed by atoms with Crippen LogP contribution in [0.15, 0.2) is 10.7 Å². The number of anilines is 2. The van der Waals surface area contributed by atoms with Gasteiger partial charge >= 0.3 is 0 Å². The molecule has 9 nitrogen and oxygen atoms in total. The molecule has 0 saturated carbocycles. The van der Waals surface area contributed by atoms with Crippen LogP contribution in [-0.2, 0) is 4.79 Å². The number of amides is 1. The molecule has 2 rings (SSSR count). The smallest absolute Gasteiger partial charge is 0.238 e. The number of nitrogens with one attached hydrogen (secondary N) is 4. The second-order valence-corrected chi connectivity index (χ2v) is 7.06. The van der Waals surface area contributed by atoms with Crippen LogP contribution >= 0.6 is 15.9 Å². The van der Waals surface area contributed by atoms with Crippen molar-refractivity contribution in [3.05, 3.63) is 10.7 Å². The highest BCUT2D eigenvalue weighted by atomic mass is 79.9. The van der Waals surface area contributed by atoms with Crippen molar-refractivity contribution < 1.29 is 4.79 Å². The van der Waals surface area contributed by atoms with E-state index in [9.17, 15) is 4.79 Å². The quantitative estimate of drug-likeness (QED) is 0.331. The third-order valence-electron chi connectivity index (χ3n) is 3.35. The van der Waals surface area contributed by atoms with Gasteiger partial charge in [-0.25, -0.2) is 4.98 Å². The minimum Gasteiger partial charge on any atom is -0.369 e. The van der Waals surface area contributed by atoms with E-state index >= 15 is 0 Å². The Morgan fingerprint density at radius 1 is 1.32 bits per heavy atom. The Morgan fingerprint density at radius 3 is 2.57 bits per heavy atom. The summed E-state index contributed by atoms with van der Waals surface area (Å²) in [6.07, 6.45) is 4.75. The van der Waals surface area contributed by atoms with Crippen LogP contribution in [0, 0.1) is 0 Å². The fraction of sp³-hybridized carbons (Fsp3) is 0.722. The molecule has 1 saturated heterocycles. The maximum Gasteiger partial charge on any atom is 0.238 e. The Labute approximate surface area is 177 Å². The largest absolute Gasteiger partial charge is 0.369 e. The standard InChI is InChI=1S/C12H20BrN7O.C3H9N.C3H8/c13-8-6-19-12(14)20-10(8)17-2-1-3-18-11(21)9-7-15-4-5-16-9;1-2-3-4;1-3-2/h6,9,15-16H,1-5,7H2,(H,18,21)(H3,14,17,19,20);2-4H2,1H3;3H2,1-2H3. The second-order valence-electron chi connectivity index (χ2n) is 6.20. The Hall–Kier alpha value is -1.49. The number of nitrogens with zero attached hydrogens (tertiary/aromatic N) is 2. The number of nitrogen functional groups attached to an aromatic ring is 1. The summed E-state index contributed by atoms with van der Waals surface area (Å²) in [6.45, 7) is 10.8. The van der Waals surface area contributed by atoms with Crippen LogP contribution in [0.1, 0.15) is 40.0 Å². The first-order valence-electron chi connectivity index (χ1n) is 9.93. The highest BCUT2D eigenvalue weighted by Crippen LogP contribution is 2.18. The Bertz CT molecular complexity index is 524. The van der Waals surface area contributed by atoms with Crippen LogP contribution < -0.4 is 32.7 Å². The van der Waals surface area contributed by atoms with Gasteiger partial charge < -0.3 is 32.7 Å². The van der Waals surface area contributed by atoms with Crippen molar-refractivity contribution in [2.45, 2.75) is 46.1 Å². The predicted molar refractivity (Wildman–Crippen MR) is 120 cm³/mol. The molecule has 0 spiro atoms. The van der Waals surface area contributed by atoms with Gasteiger partial charge in [-0.15, -0.1) is 0 Å². The zero-order valence-electron chi connectivity index (χ0n) is 17.4. The molecular weight excluding hydrogens is 424 g/mol.